The van der Waals surface area contributed by atoms with Crippen molar-refractivity contribution in [2.75, 3.05) is 0 Å². The molecule has 0 aliphatic carbocycles. The molecule has 12 aromatic rings. The summed E-state index contributed by atoms with van der Waals surface area (Å²) in [5.74, 6) is -1.56. The minimum Gasteiger partial charge on any atom is -0.255 e. The Morgan fingerprint density at radius 2 is 0.820 bits per heavy atom. The summed E-state index contributed by atoms with van der Waals surface area (Å²) in [5.41, 5.74) is 25.0. The van der Waals surface area contributed by atoms with Crippen molar-refractivity contribution < 1.29 is 32.0 Å². The van der Waals surface area contributed by atoms with E-state index < -0.39 is 11.7 Å². The molecule has 0 saturated heterocycles. The Bertz CT molecular complexity index is 4500. The van der Waals surface area contributed by atoms with Gasteiger partial charge in [0.2, 0.25) is 28.5 Å². The van der Waals surface area contributed by atoms with E-state index in [1.807, 2.05) is 12.4 Å². The third-order valence-electron chi connectivity index (χ3n) is 15.7. The Morgan fingerprint density at radius 1 is 0.361 bits per heavy atom. The van der Waals surface area contributed by atoms with Gasteiger partial charge in [-0.05, 0) is 78.9 Å². The van der Waals surface area contributed by atoms with Crippen LogP contribution in [0.3, 0.4) is 0 Å². The van der Waals surface area contributed by atoms with Crippen LogP contribution in [0, 0.1) is 0 Å². The van der Waals surface area contributed by atoms with Gasteiger partial charge in [-0.2, -0.15) is 0 Å². The van der Waals surface area contributed by atoms with Crippen LogP contribution >= 0.6 is 0 Å². The second-order valence-corrected chi connectivity index (χ2v) is 18.0. The molecule has 272 valence electrons. The zero-order chi connectivity index (χ0) is 38.7. The van der Waals surface area contributed by atoms with E-state index >= 15 is 0 Å². The van der Waals surface area contributed by atoms with Gasteiger partial charge < -0.3 is 0 Å². The van der Waals surface area contributed by atoms with Crippen molar-refractivity contribution in [2.24, 2.45) is 0 Å². The Hall–Kier alpha value is -8.24. The number of pyridine rings is 10. The first-order valence-electron chi connectivity index (χ1n) is 21.0. The van der Waals surface area contributed by atoms with Crippen LogP contribution < -0.4 is 32.0 Å². The van der Waals surface area contributed by atoms with E-state index in [9.17, 15) is 0 Å². The summed E-state index contributed by atoms with van der Waals surface area (Å²) in [6, 6.07) is 46.1. The number of hydrogen-bond donors (Lipinski definition) is 0. The fourth-order valence-corrected chi connectivity index (χ4v) is 13.7. The molecule has 2 bridgehead atoms. The minimum atomic E-state index is -0.819. The molecule has 0 saturated carbocycles. The molecule has 0 radical (unpaired) electrons. The zero-order valence-electron chi connectivity index (χ0n) is 32.2. The maximum absolute atomic E-state index is 5.61. The molecule has 7 aliphatic heterocycles. The molecule has 19 rings (SSSR count). The van der Waals surface area contributed by atoms with Crippen molar-refractivity contribution in [1.82, 2.24) is 15.0 Å². The van der Waals surface area contributed by atoms with E-state index in [2.05, 4.69) is 160 Å². The molecule has 0 amide bonds. The minimum absolute atomic E-state index is 0.742. The maximum atomic E-state index is 5.61. The first kappa shape index (κ1) is 28.2. The molecule has 2 aromatic carbocycles. The summed E-state index contributed by atoms with van der Waals surface area (Å²) >= 11 is 0. The van der Waals surface area contributed by atoms with E-state index in [4.69, 9.17) is 15.0 Å². The summed E-state index contributed by atoms with van der Waals surface area (Å²) in [6.07, 6.45) is 3.91. The first-order valence-corrected chi connectivity index (χ1v) is 21.0. The second kappa shape index (κ2) is 8.17. The van der Waals surface area contributed by atoms with Crippen LogP contribution in [-0.2, 0) is 11.7 Å². The smallest absolute Gasteiger partial charge is 0.255 e. The molecular weight excluding hydrogens is 753 g/mol. The highest BCUT2D eigenvalue weighted by atomic mass is 15.6. The summed E-state index contributed by atoms with van der Waals surface area (Å²) in [6.45, 7) is 2.43. The molecule has 0 fully saturated rings. The van der Waals surface area contributed by atoms with Crippen LogP contribution in [0.15, 0.2) is 134 Å². The van der Waals surface area contributed by atoms with Crippen molar-refractivity contribution in [2.45, 2.75) is 18.6 Å². The van der Waals surface area contributed by atoms with Gasteiger partial charge in [0.1, 0.15) is 40.3 Å². The third-order valence-corrected chi connectivity index (χ3v) is 15.7. The predicted octanol–water partition coefficient (Wildman–Crippen LogP) is 5.09. The van der Waals surface area contributed by atoms with Gasteiger partial charge in [0.05, 0.1) is 32.6 Å². The molecule has 0 N–H and O–H groups in total. The Labute approximate surface area is 342 Å². The molecule has 10 heteroatoms. The average molecular weight is 778 g/mol. The number of nitrogens with zero attached hydrogens (tertiary/aromatic N) is 10. The number of benzene rings is 2. The van der Waals surface area contributed by atoms with E-state index in [1.165, 1.54) is 99.8 Å². The molecule has 2 unspecified atom stereocenters. The molecule has 10 nitrogen and oxygen atoms in total. The lowest BCUT2D eigenvalue weighted by atomic mass is 9.94. The van der Waals surface area contributed by atoms with Crippen LogP contribution in [0.4, 0.5) is 0 Å². The normalized spacial score (nSPS) is 19.4. The van der Waals surface area contributed by atoms with Gasteiger partial charge in [0.25, 0.3) is 22.2 Å². The summed E-state index contributed by atoms with van der Waals surface area (Å²) < 4.78 is 18.5. The average Bonchev–Trinajstić information content (AvgIpc) is 3.92. The van der Waals surface area contributed by atoms with Crippen molar-refractivity contribution in [3.8, 4) is 67.8 Å². The van der Waals surface area contributed by atoms with E-state index in [1.54, 1.807) is 0 Å². The maximum Gasteiger partial charge on any atom is 0.772 e. The topological polar surface area (TPSA) is 65.8 Å². The van der Waals surface area contributed by atoms with Gasteiger partial charge in [-0.3, -0.25) is 4.98 Å². The highest BCUT2D eigenvalue weighted by Gasteiger charge is 2.88. The fourth-order valence-electron chi connectivity index (χ4n) is 13.7. The van der Waals surface area contributed by atoms with Gasteiger partial charge in [0, 0.05) is 73.1 Å². The highest BCUT2D eigenvalue weighted by Crippen LogP contribution is 2.48. The Morgan fingerprint density at radius 3 is 1.51 bits per heavy atom. The number of rotatable bonds is 0. The molecular formula is C51H25N10+7. The molecule has 17 heterocycles. The SMILES string of the molecule is CC12[n+]3c4cc5c6c3c(cc3[n+]6C67[n+]8c-3ccc3nccc(c38)-c3ccc8ccc9ccc-5[n+]6c9c8[n+]37)-c3ccc5ccc6ccc([n+]1c6c5[n+]32)-c1ccnc2ccc-4nc12. The van der Waals surface area contributed by atoms with Crippen LogP contribution in [0.1, 0.15) is 6.92 Å². The molecule has 1 spiro atoms. The van der Waals surface area contributed by atoms with Crippen molar-refractivity contribution >= 4 is 76.7 Å². The predicted molar refractivity (Wildman–Crippen MR) is 222 cm³/mol. The highest BCUT2D eigenvalue weighted by molar-refractivity contribution is 6.05. The second-order valence-electron chi connectivity index (χ2n) is 18.0. The monoisotopic (exact) mass is 777 g/mol. The van der Waals surface area contributed by atoms with E-state index in [-0.39, 0.29) is 0 Å². The van der Waals surface area contributed by atoms with Gasteiger partial charge in [0.15, 0.2) is 0 Å². The van der Waals surface area contributed by atoms with Crippen molar-refractivity contribution in [3.63, 3.8) is 0 Å². The van der Waals surface area contributed by atoms with Gasteiger partial charge in [-0.1, -0.05) is 13.7 Å². The molecule has 2 atom stereocenters. The van der Waals surface area contributed by atoms with Crippen LogP contribution in [0.25, 0.3) is 145 Å². The van der Waals surface area contributed by atoms with Crippen LogP contribution in [0.2, 0.25) is 0 Å². The summed E-state index contributed by atoms with van der Waals surface area (Å²) in [4.78, 5) is 15.5. The summed E-state index contributed by atoms with van der Waals surface area (Å²) in [5, 5.41) is 4.89. The van der Waals surface area contributed by atoms with E-state index in [0.29, 0.717) is 0 Å². The standard InChI is InChI=1S/C51H25N10/c1-50-55-35-13-6-24-2-3-25-8-15-37(56(50)44(25)43(24)55)31-23-41-39-17-12-34-47-29(19-21-53-34)36-14-7-26-4-5-27-9-16-38-30-22-40(32-10-11-33-42(54-32)28(35)18-20-52-33)57(50)48(31)49(30)61(41)51(60(39)47)58(36)45(26)46(27)59(38)51/h2-23H,1H3/q+7. The molecule has 61 heavy (non-hydrogen) atoms. The van der Waals surface area contributed by atoms with Gasteiger partial charge in [-0.15, -0.1) is 0 Å². The number of aromatic nitrogens is 10. The lowest BCUT2D eigenvalue weighted by molar-refractivity contribution is -1.28. The quantitative estimate of drug-likeness (QED) is 0.159. The molecule has 7 aliphatic rings. The molecule has 10 aromatic heterocycles. The number of hydrogen-bond acceptors (Lipinski definition) is 3. The number of fused-ring (bicyclic) bond motifs is 7. The Kier molecular flexibility index (Phi) is 3.78. The first-order chi connectivity index (χ1) is 30.1. The van der Waals surface area contributed by atoms with E-state index in [0.717, 1.165) is 44.7 Å². The van der Waals surface area contributed by atoms with Crippen LogP contribution in [-0.4, -0.2) is 15.0 Å². The van der Waals surface area contributed by atoms with Gasteiger partial charge >= 0.3 is 39.5 Å². The van der Waals surface area contributed by atoms with Crippen molar-refractivity contribution in [3.05, 3.63) is 134 Å². The third kappa shape index (κ3) is 2.43. The van der Waals surface area contributed by atoms with Crippen LogP contribution in [0.5, 0.6) is 0 Å². The summed E-state index contributed by atoms with van der Waals surface area (Å²) in [7, 11) is 0. The zero-order valence-corrected chi connectivity index (χ0v) is 32.2. The Balaban J connectivity index is 1.14. The van der Waals surface area contributed by atoms with Crippen molar-refractivity contribution in [1.29, 1.82) is 0 Å². The lowest BCUT2D eigenvalue weighted by Gasteiger charge is -2.23. The fraction of sp³-hybridized carbons (Fsp3) is 0.0588. The largest absolute Gasteiger partial charge is 0.772 e. The van der Waals surface area contributed by atoms with Gasteiger partial charge in [-0.25, -0.2) is 9.97 Å². The lowest BCUT2D eigenvalue weighted by Crippen LogP contribution is -2.96.